The molecule has 1 aromatic carbocycles. The molecule has 0 saturated carbocycles. The van der Waals surface area contributed by atoms with E-state index in [4.69, 9.17) is 9.16 Å². The van der Waals surface area contributed by atoms with Gasteiger partial charge in [-0.15, -0.1) is 0 Å². The van der Waals surface area contributed by atoms with Crippen molar-refractivity contribution < 1.29 is 14.0 Å². The van der Waals surface area contributed by atoms with Crippen molar-refractivity contribution in [2.45, 2.75) is 52.1 Å². The summed E-state index contributed by atoms with van der Waals surface area (Å²) in [5.41, 5.74) is 1.00. The SMILES string of the molecule is CC(C)(C)[Si](C)(C)OCCn1cc(OCc2ccccc2)c(=O)cc1C=O. The number of carbonyl (C=O) groups is 1. The summed E-state index contributed by atoms with van der Waals surface area (Å²) in [6.07, 6.45) is 2.29. The fourth-order valence-electron chi connectivity index (χ4n) is 2.32. The number of aromatic nitrogens is 1. The van der Waals surface area contributed by atoms with Crippen LogP contribution in [0.4, 0.5) is 0 Å². The van der Waals surface area contributed by atoms with E-state index in [0.717, 1.165) is 5.56 Å². The fourth-order valence-corrected chi connectivity index (χ4v) is 3.36. The van der Waals surface area contributed by atoms with Crippen LogP contribution in [0.25, 0.3) is 0 Å². The topological polar surface area (TPSA) is 57.5 Å². The Kier molecular flexibility index (Phi) is 6.78. The van der Waals surface area contributed by atoms with Crippen molar-refractivity contribution in [3.8, 4) is 5.75 Å². The van der Waals surface area contributed by atoms with Crippen molar-refractivity contribution in [3.05, 3.63) is 64.1 Å². The lowest BCUT2D eigenvalue weighted by atomic mass is 10.2. The van der Waals surface area contributed by atoms with E-state index in [-0.39, 0.29) is 16.2 Å². The molecule has 0 aliphatic rings. The van der Waals surface area contributed by atoms with Gasteiger partial charge in [-0.1, -0.05) is 51.1 Å². The fraction of sp³-hybridized carbons (Fsp3) is 0.429. The van der Waals surface area contributed by atoms with Gasteiger partial charge in [0.25, 0.3) is 0 Å². The first-order chi connectivity index (χ1) is 12.6. The predicted molar refractivity (Wildman–Crippen MR) is 110 cm³/mol. The minimum absolute atomic E-state index is 0.119. The van der Waals surface area contributed by atoms with Gasteiger partial charge in [-0.05, 0) is 23.7 Å². The predicted octanol–water partition coefficient (Wildman–Crippen LogP) is 4.26. The first kappa shape index (κ1) is 21.1. The maximum Gasteiger partial charge on any atom is 0.224 e. The molecule has 0 bridgehead atoms. The van der Waals surface area contributed by atoms with Crippen LogP contribution in [0.3, 0.4) is 0 Å². The van der Waals surface area contributed by atoms with Crippen molar-refractivity contribution in [2.75, 3.05) is 6.61 Å². The minimum atomic E-state index is -1.86. The summed E-state index contributed by atoms with van der Waals surface area (Å²) in [5.74, 6) is 0.233. The van der Waals surface area contributed by atoms with E-state index in [1.54, 1.807) is 10.8 Å². The number of hydrogen-bond donors (Lipinski definition) is 0. The number of carbonyl (C=O) groups excluding carboxylic acids is 1. The molecule has 0 N–H and O–H groups in total. The van der Waals surface area contributed by atoms with E-state index in [1.165, 1.54) is 6.07 Å². The van der Waals surface area contributed by atoms with Crippen LogP contribution in [-0.4, -0.2) is 25.8 Å². The van der Waals surface area contributed by atoms with Gasteiger partial charge in [0.1, 0.15) is 6.61 Å². The first-order valence-electron chi connectivity index (χ1n) is 9.14. The van der Waals surface area contributed by atoms with E-state index in [1.807, 2.05) is 30.3 Å². The van der Waals surface area contributed by atoms with Crippen LogP contribution in [0.2, 0.25) is 18.1 Å². The van der Waals surface area contributed by atoms with Gasteiger partial charge in [0.2, 0.25) is 5.43 Å². The van der Waals surface area contributed by atoms with E-state index >= 15 is 0 Å². The Hall–Kier alpha value is -2.18. The van der Waals surface area contributed by atoms with Crippen molar-refractivity contribution in [2.24, 2.45) is 0 Å². The Balaban J connectivity index is 2.11. The maximum atomic E-state index is 12.2. The normalized spacial score (nSPS) is 12.0. The minimum Gasteiger partial charge on any atom is -0.483 e. The standard InChI is InChI=1S/C21H29NO4Si/c1-21(2,3)27(4,5)26-12-11-22-14-20(19(24)13-18(22)15-23)25-16-17-9-7-6-8-10-17/h6-10,13-15H,11-12,16H2,1-5H3. The Morgan fingerprint density at radius 3 is 2.41 bits per heavy atom. The van der Waals surface area contributed by atoms with Gasteiger partial charge in [-0.2, -0.15) is 0 Å². The van der Waals surface area contributed by atoms with Gasteiger partial charge in [-0.3, -0.25) is 9.59 Å². The highest BCUT2D eigenvalue weighted by Crippen LogP contribution is 2.36. The summed E-state index contributed by atoms with van der Waals surface area (Å²) in [7, 11) is -1.86. The molecule has 2 aromatic rings. The van der Waals surface area contributed by atoms with Gasteiger partial charge in [0.15, 0.2) is 20.4 Å². The number of nitrogens with zero attached hydrogens (tertiary/aromatic N) is 1. The van der Waals surface area contributed by atoms with Crippen LogP contribution in [0, 0.1) is 0 Å². The van der Waals surface area contributed by atoms with Gasteiger partial charge >= 0.3 is 0 Å². The number of rotatable bonds is 8. The Morgan fingerprint density at radius 2 is 1.81 bits per heavy atom. The average molecular weight is 388 g/mol. The quantitative estimate of drug-likeness (QED) is 0.502. The molecule has 0 unspecified atom stereocenters. The summed E-state index contributed by atoms with van der Waals surface area (Å²) in [5, 5.41) is 0.119. The maximum absolute atomic E-state index is 12.2. The second-order valence-electron chi connectivity index (χ2n) is 8.12. The van der Waals surface area contributed by atoms with E-state index in [0.29, 0.717) is 31.7 Å². The highest BCUT2D eigenvalue weighted by Gasteiger charge is 2.36. The molecule has 6 heteroatoms. The molecule has 0 saturated heterocycles. The van der Waals surface area contributed by atoms with Crippen LogP contribution in [-0.2, 0) is 17.6 Å². The van der Waals surface area contributed by atoms with Crippen molar-refractivity contribution in [3.63, 3.8) is 0 Å². The van der Waals surface area contributed by atoms with Crippen LogP contribution in [0.15, 0.2) is 47.4 Å². The lowest BCUT2D eigenvalue weighted by Gasteiger charge is -2.36. The molecular formula is C21H29NO4Si. The molecule has 2 rings (SSSR count). The molecule has 0 atom stereocenters. The first-order valence-corrected chi connectivity index (χ1v) is 12.1. The van der Waals surface area contributed by atoms with Gasteiger partial charge < -0.3 is 13.7 Å². The molecule has 5 nitrogen and oxygen atoms in total. The monoisotopic (exact) mass is 387 g/mol. The molecule has 0 radical (unpaired) electrons. The second kappa shape index (κ2) is 8.67. The summed E-state index contributed by atoms with van der Waals surface area (Å²) in [4.78, 5) is 23.6. The van der Waals surface area contributed by atoms with Gasteiger partial charge in [0.05, 0.1) is 18.5 Å². The second-order valence-corrected chi connectivity index (χ2v) is 12.9. The summed E-state index contributed by atoms with van der Waals surface area (Å²) >= 11 is 0. The number of benzene rings is 1. The van der Waals surface area contributed by atoms with E-state index in [9.17, 15) is 9.59 Å². The Bertz CT molecular complexity index is 822. The summed E-state index contributed by atoms with van der Waals surface area (Å²) in [6.45, 7) is 12.2. The average Bonchev–Trinajstić information content (AvgIpc) is 2.61. The van der Waals surface area contributed by atoms with Crippen molar-refractivity contribution in [1.82, 2.24) is 4.57 Å². The van der Waals surface area contributed by atoms with Crippen LogP contribution < -0.4 is 10.2 Å². The molecule has 0 spiro atoms. The van der Waals surface area contributed by atoms with Gasteiger partial charge in [0, 0.05) is 12.6 Å². The Morgan fingerprint density at radius 1 is 1.15 bits per heavy atom. The summed E-state index contributed by atoms with van der Waals surface area (Å²) < 4.78 is 13.6. The third-order valence-corrected chi connectivity index (χ3v) is 9.62. The Labute approximate surface area is 162 Å². The zero-order valence-electron chi connectivity index (χ0n) is 16.8. The zero-order valence-corrected chi connectivity index (χ0v) is 17.8. The number of hydrogen-bond acceptors (Lipinski definition) is 4. The highest BCUT2D eigenvalue weighted by molar-refractivity contribution is 6.74. The van der Waals surface area contributed by atoms with Crippen LogP contribution in [0.1, 0.15) is 36.8 Å². The molecular weight excluding hydrogens is 358 g/mol. The van der Waals surface area contributed by atoms with Crippen LogP contribution in [0.5, 0.6) is 5.75 Å². The highest BCUT2D eigenvalue weighted by atomic mass is 28.4. The molecule has 1 aromatic heterocycles. The van der Waals surface area contributed by atoms with Gasteiger partial charge in [-0.25, -0.2) is 0 Å². The van der Waals surface area contributed by atoms with Crippen molar-refractivity contribution in [1.29, 1.82) is 0 Å². The van der Waals surface area contributed by atoms with Crippen LogP contribution >= 0.6 is 0 Å². The molecule has 0 fully saturated rings. The van der Waals surface area contributed by atoms with E-state index in [2.05, 4.69) is 33.9 Å². The van der Waals surface area contributed by atoms with Crippen molar-refractivity contribution >= 4 is 14.6 Å². The number of pyridine rings is 1. The summed E-state index contributed by atoms with van der Waals surface area (Å²) in [6, 6.07) is 11.0. The molecule has 0 aliphatic heterocycles. The lowest BCUT2D eigenvalue weighted by molar-refractivity contribution is 0.111. The zero-order chi connectivity index (χ0) is 20.1. The lowest BCUT2D eigenvalue weighted by Crippen LogP contribution is -2.41. The largest absolute Gasteiger partial charge is 0.483 e. The molecule has 0 amide bonds. The third-order valence-electron chi connectivity index (χ3n) is 5.09. The third kappa shape index (κ3) is 5.64. The molecule has 0 aliphatic carbocycles. The molecule has 146 valence electrons. The molecule has 1 heterocycles. The molecule has 27 heavy (non-hydrogen) atoms. The smallest absolute Gasteiger partial charge is 0.224 e. The number of ether oxygens (including phenoxy) is 1. The number of aldehydes is 1. The van der Waals surface area contributed by atoms with E-state index < -0.39 is 8.32 Å².